The molecule has 1 N–H and O–H groups in total. The van der Waals surface area contributed by atoms with Crippen LogP contribution < -0.4 is 14.8 Å². The Kier molecular flexibility index (Phi) is 7.49. The largest absolute Gasteiger partial charge is 0.497 e. The average Bonchev–Trinajstić information content (AvgIpc) is 2.70. The Morgan fingerprint density at radius 3 is 2.30 bits per heavy atom. The Labute approximate surface area is 158 Å². The van der Waals surface area contributed by atoms with Crippen LogP contribution in [0, 0.1) is 11.3 Å². The first kappa shape index (κ1) is 20.1. The number of piperazine rings is 1. The Hall–Kier alpha value is -3.21. The molecule has 1 fully saturated rings. The lowest BCUT2D eigenvalue weighted by Crippen LogP contribution is -2.50. The number of carbonyl (C=O) groups excluding carboxylic acids is 2. The van der Waals surface area contributed by atoms with Crippen molar-refractivity contribution in [1.29, 1.82) is 5.26 Å². The minimum absolute atomic E-state index is 0.00308. The molecule has 1 saturated heterocycles. The van der Waals surface area contributed by atoms with Gasteiger partial charge in [0.1, 0.15) is 29.7 Å². The Morgan fingerprint density at radius 2 is 1.74 bits per heavy atom. The fourth-order valence-electron chi connectivity index (χ4n) is 2.61. The number of amides is 2. The van der Waals surface area contributed by atoms with E-state index in [2.05, 4.69) is 5.32 Å². The minimum Gasteiger partial charge on any atom is -0.497 e. The molecule has 0 radical (unpaired) electrons. The number of methoxy groups -OCH3 is 1. The van der Waals surface area contributed by atoms with Crippen LogP contribution in [0.3, 0.4) is 0 Å². The Morgan fingerprint density at radius 1 is 1.15 bits per heavy atom. The number of hydrogen-bond donors (Lipinski definition) is 1. The van der Waals surface area contributed by atoms with Gasteiger partial charge in [-0.2, -0.15) is 5.26 Å². The van der Waals surface area contributed by atoms with Crippen LogP contribution in [0.1, 0.15) is 6.92 Å². The van der Waals surface area contributed by atoms with Crippen molar-refractivity contribution >= 4 is 11.8 Å². The molecule has 144 valence electrons. The molecule has 1 heterocycles. The Bertz CT molecular complexity index is 716. The fourth-order valence-corrected chi connectivity index (χ4v) is 2.61. The summed E-state index contributed by atoms with van der Waals surface area (Å²) >= 11 is 0. The molecule has 0 bridgehead atoms. The van der Waals surface area contributed by atoms with Gasteiger partial charge in [-0.05, 0) is 24.3 Å². The van der Waals surface area contributed by atoms with Gasteiger partial charge in [0, 0.05) is 45.8 Å². The van der Waals surface area contributed by atoms with E-state index in [0.29, 0.717) is 45.1 Å². The van der Waals surface area contributed by atoms with E-state index in [4.69, 9.17) is 9.47 Å². The summed E-state index contributed by atoms with van der Waals surface area (Å²) in [5.41, 5.74) is 0.0377. The molecule has 0 saturated carbocycles. The highest BCUT2D eigenvalue weighted by Crippen LogP contribution is 2.16. The van der Waals surface area contributed by atoms with Crippen LogP contribution >= 0.6 is 0 Å². The van der Waals surface area contributed by atoms with Crippen molar-refractivity contribution in [2.45, 2.75) is 6.92 Å². The third-order valence-corrected chi connectivity index (χ3v) is 4.18. The zero-order valence-corrected chi connectivity index (χ0v) is 15.6. The standard InChI is InChI=1S/C19H24N4O4/c1-15(24)22-8-10-23(11-9-22)19(25)16(13-20)14-21-7-12-27-18-5-3-17(26-2)4-6-18/h3-6,14,21H,7-12H2,1-2H3/b16-14-. The van der Waals surface area contributed by atoms with E-state index in [1.54, 1.807) is 41.2 Å². The maximum Gasteiger partial charge on any atom is 0.266 e. The summed E-state index contributed by atoms with van der Waals surface area (Å²) in [5, 5.41) is 12.2. The fraction of sp³-hybridized carbons (Fsp3) is 0.421. The topological polar surface area (TPSA) is 94.9 Å². The van der Waals surface area contributed by atoms with Gasteiger partial charge in [-0.25, -0.2) is 0 Å². The van der Waals surface area contributed by atoms with E-state index in [-0.39, 0.29) is 17.4 Å². The molecule has 0 unspecified atom stereocenters. The molecule has 0 aliphatic carbocycles. The SMILES string of the molecule is COc1ccc(OCCN/C=C(/C#N)C(=O)N2CCN(C(C)=O)CC2)cc1. The second-order valence-corrected chi connectivity index (χ2v) is 5.95. The van der Waals surface area contributed by atoms with E-state index >= 15 is 0 Å². The highest BCUT2D eigenvalue weighted by molar-refractivity contribution is 5.97. The van der Waals surface area contributed by atoms with Crippen molar-refractivity contribution < 1.29 is 19.1 Å². The molecule has 27 heavy (non-hydrogen) atoms. The highest BCUT2D eigenvalue weighted by atomic mass is 16.5. The second kappa shape index (κ2) is 10.1. The molecule has 0 spiro atoms. The monoisotopic (exact) mass is 372 g/mol. The molecular formula is C19H24N4O4. The summed E-state index contributed by atoms with van der Waals surface area (Å²) in [6, 6.07) is 9.15. The van der Waals surface area contributed by atoms with Crippen LogP contribution in [-0.4, -0.2) is 68.1 Å². The third-order valence-electron chi connectivity index (χ3n) is 4.18. The molecular weight excluding hydrogens is 348 g/mol. The predicted octanol–water partition coefficient (Wildman–Crippen LogP) is 0.762. The van der Waals surface area contributed by atoms with Crippen LogP contribution in [0.5, 0.6) is 11.5 Å². The zero-order chi connectivity index (χ0) is 19.6. The molecule has 2 amide bonds. The van der Waals surface area contributed by atoms with Crippen molar-refractivity contribution in [2.24, 2.45) is 0 Å². The lowest BCUT2D eigenvalue weighted by molar-refractivity contribution is -0.136. The smallest absolute Gasteiger partial charge is 0.266 e. The third kappa shape index (κ3) is 5.92. The molecule has 1 aromatic rings. The molecule has 8 nitrogen and oxygen atoms in total. The predicted molar refractivity (Wildman–Crippen MR) is 99.0 cm³/mol. The second-order valence-electron chi connectivity index (χ2n) is 5.95. The first-order valence-corrected chi connectivity index (χ1v) is 8.70. The van der Waals surface area contributed by atoms with Crippen LogP contribution in [0.4, 0.5) is 0 Å². The number of hydrogen-bond acceptors (Lipinski definition) is 6. The molecule has 1 aromatic carbocycles. The summed E-state index contributed by atoms with van der Waals surface area (Å²) < 4.78 is 10.6. The molecule has 0 atom stereocenters. The van der Waals surface area contributed by atoms with E-state index in [9.17, 15) is 14.9 Å². The minimum atomic E-state index is -0.329. The van der Waals surface area contributed by atoms with Gasteiger partial charge in [0.25, 0.3) is 5.91 Å². The maximum atomic E-state index is 12.4. The van der Waals surface area contributed by atoms with Gasteiger partial charge >= 0.3 is 0 Å². The van der Waals surface area contributed by atoms with E-state index < -0.39 is 0 Å². The normalized spacial score (nSPS) is 14.3. The summed E-state index contributed by atoms with van der Waals surface area (Å²) in [7, 11) is 1.60. The molecule has 1 aliphatic heterocycles. The molecule has 8 heteroatoms. The quantitative estimate of drug-likeness (QED) is 0.431. The van der Waals surface area contributed by atoms with Crippen molar-refractivity contribution in [3.8, 4) is 17.6 Å². The van der Waals surface area contributed by atoms with Gasteiger partial charge < -0.3 is 24.6 Å². The van der Waals surface area contributed by atoms with Gasteiger partial charge in [0.05, 0.1) is 7.11 Å². The molecule has 2 rings (SSSR count). The average molecular weight is 372 g/mol. The zero-order valence-electron chi connectivity index (χ0n) is 15.6. The Balaban J connectivity index is 1.76. The number of nitriles is 1. The molecule has 1 aliphatic rings. The number of benzene rings is 1. The van der Waals surface area contributed by atoms with Crippen LogP contribution in [0.15, 0.2) is 36.0 Å². The summed E-state index contributed by atoms with van der Waals surface area (Å²) in [6.45, 7) is 4.17. The summed E-state index contributed by atoms with van der Waals surface area (Å²) in [5.74, 6) is 1.13. The maximum absolute atomic E-state index is 12.4. The first-order chi connectivity index (χ1) is 13.0. The van der Waals surface area contributed by atoms with E-state index in [1.807, 2.05) is 6.07 Å². The number of ether oxygens (including phenoxy) is 2. The van der Waals surface area contributed by atoms with E-state index in [1.165, 1.54) is 13.1 Å². The van der Waals surface area contributed by atoms with Crippen molar-refractivity contribution in [2.75, 3.05) is 46.4 Å². The lowest BCUT2D eigenvalue weighted by Gasteiger charge is -2.34. The lowest BCUT2D eigenvalue weighted by atomic mass is 10.2. The number of carbonyl (C=O) groups is 2. The van der Waals surface area contributed by atoms with Gasteiger partial charge in [-0.1, -0.05) is 0 Å². The van der Waals surface area contributed by atoms with Gasteiger partial charge in [-0.15, -0.1) is 0 Å². The van der Waals surface area contributed by atoms with Crippen molar-refractivity contribution in [1.82, 2.24) is 15.1 Å². The summed E-state index contributed by atoms with van der Waals surface area (Å²) in [4.78, 5) is 27.0. The highest BCUT2D eigenvalue weighted by Gasteiger charge is 2.24. The van der Waals surface area contributed by atoms with E-state index in [0.717, 1.165) is 5.75 Å². The van der Waals surface area contributed by atoms with Crippen LogP contribution in [0.25, 0.3) is 0 Å². The van der Waals surface area contributed by atoms with Crippen molar-refractivity contribution in [3.05, 3.63) is 36.0 Å². The number of nitrogens with one attached hydrogen (secondary N) is 1. The van der Waals surface area contributed by atoms with Crippen LogP contribution in [-0.2, 0) is 9.59 Å². The molecule has 0 aromatic heterocycles. The van der Waals surface area contributed by atoms with Gasteiger partial charge in [0.15, 0.2) is 0 Å². The first-order valence-electron chi connectivity index (χ1n) is 8.70. The number of nitrogens with zero attached hydrogens (tertiary/aromatic N) is 3. The van der Waals surface area contributed by atoms with Gasteiger partial charge in [0.2, 0.25) is 5.91 Å². The van der Waals surface area contributed by atoms with Gasteiger partial charge in [-0.3, -0.25) is 9.59 Å². The van der Waals surface area contributed by atoms with Crippen LogP contribution in [0.2, 0.25) is 0 Å². The summed E-state index contributed by atoms with van der Waals surface area (Å²) in [6.07, 6.45) is 1.41. The van der Waals surface area contributed by atoms with Crippen molar-refractivity contribution in [3.63, 3.8) is 0 Å². The number of rotatable bonds is 7.